The van der Waals surface area contributed by atoms with Crippen LogP contribution in [0, 0.1) is 17.1 Å². The molecule has 4 nitrogen and oxygen atoms in total. The molecule has 2 rings (SSSR count). The number of halogens is 2. The van der Waals surface area contributed by atoms with Crippen molar-refractivity contribution in [3.63, 3.8) is 0 Å². The summed E-state index contributed by atoms with van der Waals surface area (Å²) in [4.78, 5) is 12.0. The quantitative estimate of drug-likeness (QED) is 0.889. The summed E-state index contributed by atoms with van der Waals surface area (Å²) < 4.78 is 13.1. The van der Waals surface area contributed by atoms with E-state index in [4.69, 9.17) is 16.9 Å². The van der Waals surface area contributed by atoms with Crippen LogP contribution in [0.5, 0.6) is 0 Å². The Morgan fingerprint density at radius 3 is 2.73 bits per heavy atom. The minimum absolute atomic E-state index is 0.0561. The number of nitrogens with zero attached hydrogens (tertiary/aromatic N) is 1. The van der Waals surface area contributed by atoms with E-state index in [-0.39, 0.29) is 17.3 Å². The molecule has 0 bridgehead atoms. The monoisotopic (exact) mass is 317 g/mol. The Labute approximate surface area is 132 Å². The lowest BCUT2D eigenvalue weighted by Crippen LogP contribution is -2.31. The van der Waals surface area contributed by atoms with Crippen LogP contribution in [-0.2, 0) is 0 Å². The van der Waals surface area contributed by atoms with Gasteiger partial charge in [-0.1, -0.05) is 29.8 Å². The molecule has 2 amide bonds. The fourth-order valence-electron chi connectivity index (χ4n) is 1.98. The zero-order chi connectivity index (χ0) is 16.1. The minimum atomic E-state index is -0.535. The number of carbonyl (C=O) groups excluding carboxylic acids is 1. The van der Waals surface area contributed by atoms with Crippen LogP contribution >= 0.6 is 11.6 Å². The molecule has 1 unspecified atom stereocenters. The molecule has 2 aromatic rings. The highest BCUT2D eigenvalue weighted by atomic mass is 35.5. The molecule has 0 fully saturated rings. The molecule has 2 N–H and O–H groups in total. The summed E-state index contributed by atoms with van der Waals surface area (Å²) in [6, 6.07) is 11.8. The van der Waals surface area contributed by atoms with E-state index in [1.54, 1.807) is 19.1 Å². The van der Waals surface area contributed by atoms with E-state index in [9.17, 15) is 9.18 Å². The van der Waals surface area contributed by atoms with Gasteiger partial charge in [-0.25, -0.2) is 9.18 Å². The van der Waals surface area contributed by atoms with E-state index in [0.717, 1.165) is 11.6 Å². The summed E-state index contributed by atoms with van der Waals surface area (Å²) in [5.41, 5.74) is 1.08. The zero-order valence-corrected chi connectivity index (χ0v) is 12.5. The third-order valence-corrected chi connectivity index (χ3v) is 3.41. The molecule has 0 saturated heterocycles. The summed E-state index contributed by atoms with van der Waals surface area (Å²) >= 11 is 6.07. The molecular formula is C16H13ClFN3O. The van der Waals surface area contributed by atoms with Crippen molar-refractivity contribution in [2.45, 2.75) is 13.0 Å². The lowest BCUT2D eigenvalue weighted by atomic mass is 10.1. The van der Waals surface area contributed by atoms with Crippen LogP contribution in [0.4, 0.5) is 14.9 Å². The van der Waals surface area contributed by atoms with E-state index in [1.165, 1.54) is 12.1 Å². The number of rotatable bonds is 3. The van der Waals surface area contributed by atoms with Gasteiger partial charge in [0.2, 0.25) is 0 Å². The van der Waals surface area contributed by atoms with Crippen molar-refractivity contribution < 1.29 is 9.18 Å². The number of hydrogen-bond acceptors (Lipinski definition) is 2. The smallest absolute Gasteiger partial charge is 0.319 e. The van der Waals surface area contributed by atoms with Gasteiger partial charge in [0.15, 0.2) is 0 Å². The Kier molecular flexibility index (Phi) is 4.97. The van der Waals surface area contributed by atoms with Gasteiger partial charge in [0.1, 0.15) is 11.9 Å². The highest BCUT2D eigenvalue weighted by Gasteiger charge is 2.13. The number of benzene rings is 2. The number of amides is 2. The van der Waals surface area contributed by atoms with Crippen molar-refractivity contribution in [3.05, 3.63) is 64.4 Å². The van der Waals surface area contributed by atoms with E-state index in [2.05, 4.69) is 10.6 Å². The highest BCUT2D eigenvalue weighted by molar-refractivity contribution is 6.31. The number of hydrogen-bond donors (Lipinski definition) is 2. The first-order valence-corrected chi connectivity index (χ1v) is 6.90. The summed E-state index contributed by atoms with van der Waals surface area (Å²) in [5.74, 6) is -0.535. The first kappa shape index (κ1) is 15.8. The number of anilines is 1. The van der Waals surface area contributed by atoms with Gasteiger partial charge >= 0.3 is 6.03 Å². The molecule has 6 heteroatoms. The van der Waals surface area contributed by atoms with Crippen molar-refractivity contribution in [2.75, 3.05) is 5.32 Å². The summed E-state index contributed by atoms with van der Waals surface area (Å²) in [5, 5.41) is 14.7. The number of urea groups is 1. The van der Waals surface area contributed by atoms with E-state index in [0.29, 0.717) is 5.02 Å². The number of carbonyl (C=O) groups is 1. The van der Waals surface area contributed by atoms with Crippen LogP contribution in [-0.4, -0.2) is 6.03 Å². The molecule has 0 aliphatic rings. The topological polar surface area (TPSA) is 64.9 Å². The Bertz CT molecular complexity index is 742. The average molecular weight is 318 g/mol. The van der Waals surface area contributed by atoms with Gasteiger partial charge in [-0.05, 0) is 36.8 Å². The van der Waals surface area contributed by atoms with E-state index in [1.807, 2.05) is 18.2 Å². The van der Waals surface area contributed by atoms with Crippen LogP contribution in [0.15, 0.2) is 42.5 Å². The summed E-state index contributed by atoms with van der Waals surface area (Å²) in [6.45, 7) is 1.79. The molecule has 0 aromatic heterocycles. The van der Waals surface area contributed by atoms with Crippen molar-refractivity contribution in [1.29, 1.82) is 5.26 Å². The Balaban J connectivity index is 2.08. The van der Waals surface area contributed by atoms with E-state index < -0.39 is 11.8 Å². The van der Waals surface area contributed by atoms with Crippen LogP contribution in [0.1, 0.15) is 24.1 Å². The van der Waals surface area contributed by atoms with Crippen LogP contribution < -0.4 is 10.6 Å². The number of nitrogens with one attached hydrogen (secondary N) is 2. The molecule has 0 aliphatic heterocycles. The Morgan fingerprint density at radius 1 is 1.32 bits per heavy atom. The van der Waals surface area contributed by atoms with Gasteiger partial charge in [-0.2, -0.15) is 5.26 Å². The Morgan fingerprint density at radius 2 is 2.05 bits per heavy atom. The Hall–Kier alpha value is -2.58. The van der Waals surface area contributed by atoms with Crippen molar-refractivity contribution in [1.82, 2.24) is 5.32 Å². The molecule has 0 heterocycles. The standard InChI is InChI=1S/C16H13ClFN3O/c1-10(13-4-2-3-5-14(13)17)20-16(22)21-15-7-6-12(18)8-11(15)9-19/h2-8,10H,1H3,(H2,20,21,22). The number of nitriles is 1. The summed E-state index contributed by atoms with van der Waals surface area (Å²) in [6.07, 6.45) is 0. The molecule has 0 saturated carbocycles. The maximum Gasteiger partial charge on any atom is 0.319 e. The second-order valence-electron chi connectivity index (χ2n) is 4.64. The predicted molar refractivity (Wildman–Crippen MR) is 83.1 cm³/mol. The van der Waals surface area contributed by atoms with Gasteiger partial charge in [0.25, 0.3) is 0 Å². The first-order valence-electron chi connectivity index (χ1n) is 6.53. The first-order chi connectivity index (χ1) is 10.5. The van der Waals surface area contributed by atoms with Gasteiger partial charge in [-0.15, -0.1) is 0 Å². The van der Waals surface area contributed by atoms with Gasteiger partial charge in [0, 0.05) is 5.02 Å². The maximum atomic E-state index is 13.1. The van der Waals surface area contributed by atoms with Crippen molar-refractivity contribution in [2.24, 2.45) is 0 Å². The maximum absolute atomic E-state index is 13.1. The minimum Gasteiger partial charge on any atom is -0.331 e. The van der Waals surface area contributed by atoms with E-state index >= 15 is 0 Å². The average Bonchev–Trinajstić information content (AvgIpc) is 2.49. The molecule has 0 aliphatic carbocycles. The van der Waals surface area contributed by atoms with Gasteiger partial charge in [0.05, 0.1) is 17.3 Å². The molecule has 2 aromatic carbocycles. The van der Waals surface area contributed by atoms with Gasteiger partial charge < -0.3 is 10.6 Å². The van der Waals surface area contributed by atoms with Crippen molar-refractivity contribution in [3.8, 4) is 6.07 Å². The molecule has 0 spiro atoms. The van der Waals surface area contributed by atoms with Gasteiger partial charge in [-0.3, -0.25) is 0 Å². The normalized spacial score (nSPS) is 11.4. The zero-order valence-electron chi connectivity index (χ0n) is 11.7. The molecular weight excluding hydrogens is 305 g/mol. The largest absolute Gasteiger partial charge is 0.331 e. The fourth-order valence-corrected chi connectivity index (χ4v) is 2.28. The SMILES string of the molecule is CC(NC(=O)Nc1ccc(F)cc1C#N)c1ccccc1Cl. The highest BCUT2D eigenvalue weighted by Crippen LogP contribution is 2.22. The second kappa shape index (κ2) is 6.92. The van der Waals surface area contributed by atoms with Crippen LogP contribution in [0.2, 0.25) is 5.02 Å². The second-order valence-corrected chi connectivity index (χ2v) is 5.05. The third kappa shape index (κ3) is 3.74. The van der Waals surface area contributed by atoms with Crippen LogP contribution in [0.25, 0.3) is 0 Å². The molecule has 22 heavy (non-hydrogen) atoms. The lowest BCUT2D eigenvalue weighted by molar-refractivity contribution is 0.249. The molecule has 112 valence electrons. The molecule has 0 radical (unpaired) electrons. The molecule has 1 atom stereocenters. The van der Waals surface area contributed by atoms with Crippen molar-refractivity contribution >= 4 is 23.3 Å². The summed E-state index contributed by atoms with van der Waals surface area (Å²) in [7, 11) is 0. The lowest BCUT2D eigenvalue weighted by Gasteiger charge is -2.16. The third-order valence-electron chi connectivity index (χ3n) is 3.07. The predicted octanol–water partition coefficient (Wildman–Crippen LogP) is 4.23. The fraction of sp³-hybridized carbons (Fsp3) is 0.125. The van der Waals surface area contributed by atoms with Crippen LogP contribution in [0.3, 0.4) is 0 Å².